The van der Waals surface area contributed by atoms with Crippen molar-refractivity contribution in [2.75, 3.05) is 15.5 Å². The number of hydrogen-bond acceptors (Lipinski definition) is 5. The van der Waals surface area contributed by atoms with Gasteiger partial charge in [-0.1, -0.05) is 18.2 Å². The molecule has 37 heavy (non-hydrogen) atoms. The zero-order valence-electron chi connectivity index (χ0n) is 19.2. The highest BCUT2D eigenvalue weighted by Gasteiger charge is 2.65. The molecule has 3 aromatic rings. The predicted molar refractivity (Wildman–Crippen MR) is 127 cm³/mol. The summed E-state index contributed by atoms with van der Waals surface area (Å²) in [6.07, 6.45) is -1.00. The van der Waals surface area contributed by atoms with Crippen LogP contribution in [0, 0.1) is 0 Å². The van der Waals surface area contributed by atoms with E-state index in [1.54, 1.807) is 30.3 Å². The molecule has 2 aromatic carbocycles. The van der Waals surface area contributed by atoms with Crippen LogP contribution in [0.25, 0.3) is 0 Å². The van der Waals surface area contributed by atoms with Gasteiger partial charge in [0.1, 0.15) is 11.3 Å². The molecule has 1 spiro atoms. The van der Waals surface area contributed by atoms with E-state index >= 15 is 0 Å². The summed E-state index contributed by atoms with van der Waals surface area (Å²) in [6, 6.07) is 13.9. The molecular weight excluding hydrogens is 491 g/mol. The van der Waals surface area contributed by atoms with Crippen molar-refractivity contribution < 1.29 is 32.3 Å². The van der Waals surface area contributed by atoms with Crippen molar-refractivity contribution in [3.8, 4) is 5.75 Å². The zero-order valence-corrected chi connectivity index (χ0v) is 19.2. The molecular formula is C25H20F3N5O4. The van der Waals surface area contributed by atoms with Gasteiger partial charge in [-0.15, -0.1) is 13.2 Å². The normalized spacial score (nSPS) is 16.2. The number of pyridine rings is 1. The third-order valence-corrected chi connectivity index (χ3v) is 6.11. The highest BCUT2D eigenvalue weighted by molar-refractivity contribution is 6.24. The molecule has 0 atom stereocenters. The van der Waals surface area contributed by atoms with Gasteiger partial charge in [-0.05, 0) is 60.9 Å². The SMILES string of the molecule is O=C(Nc1ccccc1)Nc1cnccc1CN1C(=O)N(c2ccc(OC(F)(F)F)cc2)C(=O)C12CC2. The fraction of sp³-hybridized carbons (Fsp3) is 0.200. The number of nitrogens with zero attached hydrogens (tertiary/aromatic N) is 3. The molecule has 2 N–H and O–H groups in total. The fourth-order valence-corrected chi connectivity index (χ4v) is 4.21. The Morgan fingerprint density at radius 3 is 2.35 bits per heavy atom. The molecule has 2 fully saturated rings. The number of carbonyl (C=O) groups excluding carboxylic acids is 3. The van der Waals surface area contributed by atoms with Gasteiger partial charge in [0.05, 0.1) is 24.1 Å². The molecule has 5 amide bonds. The van der Waals surface area contributed by atoms with Crippen molar-refractivity contribution in [3.63, 3.8) is 0 Å². The largest absolute Gasteiger partial charge is 0.573 e. The van der Waals surface area contributed by atoms with Gasteiger partial charge in [-0.2, -0.15) is 0 Å². The maximum atomic E-state index is 13.4. The van der Waals surface area contributed by atoms with Gasteiger partial charge in [0.15, 0.2) is 0 Å². The highest BCUT2D eigenvalue weighted by Crippen LogP contribution is 2.50. The van der Waals surface area contributed by atoms with E-state index in [1.165, 1.54) is 29.4 Å². The van der Waals surface area contributed by atoms with Crippen molar-refractivity contribution in [3.05, 3.63) is 78.6 Å². The number of halogens is 3. The van der Waals surface area contributed by atoms with Crippen LogP contribution in [0.4, 0.5) is 39.8 Å². The van der Waals surface area contributed by atoms with Gasteiger partial charge in [-0.25, -0.2) is 14.5 Å². The number of benzene rings is 2. The summed E-state index contributed by atoms with van der Waals surface area (Å²) in [5, 5.41) is 5.42. The van der Waals surface area contributed by atoms with E-state index in [4.69, 9.17) is 0 Å². The molecule has 2 heterocycles. The van der Waals surface area contributed by atoms with Crippen LogP contribution >= 0.6 is 0 Å². The highest BCUT2D eigenvalue weighted by atomic mass is 19.4. The predicted octanol–water partition coefficient (Wildman–Crippen LogP) is 5.13. The molecule has 5 rings (SSSR count). The zero-order chi connectivity index (χ0) is 26.2. The Balaban J connectivity index is 1.34. The van der Waals surface area contributed by atoms with E-state index in [2.05, 4.69) is 20.4 Å². The molecule has 12 heteroatoms. The second-order valence-electron chi connectivity index (χ2n) is 8.56. The van der Waals surface area contributed by atoms with Gasteiger partial charge in [0, 0.05) is 11.9 Å². The van der Waals surface area contributed by atoms with Crippen LogP contribution in [0.5, 0.6) is 5.75 Å². The number of rotatable bonds is 6. The Bertz CT molecular complexity index is 1340. The number of carbonyl (C=O) groups is 3. The average Bonchev–Trinajstić information content (AvgIpc) is 3.63. The van der Waals surface area contributed by atoms with Crippen molar-refractivity contribution in [2.24, 2.45) is 0 Å². The Morgan fingerprint density at radius 2 is 1.70 bits per heavy atom. The lowest BCUT2D eigenvalue weighted by Crippen LogP contribution is -2.36. The van der Waals surface area contributed by atoms with Crippen molar-refractivity contribution in [1.29, 1.82) is 0 Å². The number of urea groups is 2. The lowest BCUT2D eigenvalue weighted by Gasteiger charge is -2.23. The number of imide groups is 1. The number of ether oxygens (including phenoxy) is 1. The van der Waals surface area contributed by atoms with Crippen LogP contribution in [0.1, 0.15) is 18.4 Å². The Kier molecular flexibility index (Phi) is 5.94. The van der Waals surface area contributed by atoms with Crippen LogP contribution < -0.4 is 20.3 Å². The minimum Gasteiger partial charge on any atom is -0.406 e. The molecule has 1 saturated heterocycles. The van der Waals surface area contributed by atoms with E-state index in [0.29, 0.717) is 29.8 Å². The monoisotopic (exact) mass is 511 g/mol. The summed E-state index contributed by atoms with van der Waals surface area (Å²) < 4.78 is 41.3. The van der Waals surface area contributed by atoms with E-state index in [-0.39, 0.29) is 12.2 Å². The Hall–Kier alpha value is -4.61. The number of para-hydroxylation sites is 1. The number of anilines is 3. The second kappa shape index (κ2) is 9.12. The van der Waals surface area contributed by atoms with Crippen LogP contribution in [-0.4, -0.2) is 39.8 Å². The third kappa shape index (κ3) is 4.90. The molecule has 0 radical (unpaired) electrons. The standard InChI is InChI=1S/C25H20F3N5O4/c26-25(27,28)37-19-8-6-18(7-9-19)33-21(34)24(11-12-24)32(23(33)36)15-16-10-13-29-14-20(16)31-22(35)30-17-4-2-1-3-5-17/h1-10,13-14H,11-12,15H2,(H2,30,31,35). The maximum absolute atomic E-state index is 13.4. The van der Waals surface area contributed by atoms with E-state index in [9.17, 15) is 27.6 Å². The fourth-order valence-electron chi connectivity index (χ4n) is 4.21. The van der Waals surface area contributed by atoms with Crippen LogP contribution in [0.3, 0.4) is 0 Å². The Labute approximate surface area is 208 Å². The third-order valence-electron chi connectivity index (χ3n) is 6.11. The maximum Gasteiger partial charge on any atom is 0.573 e. The molecule has 2 aliphatic rings. The molecule has 1 aliphatic heterocycles. The smallest absolute Gasteiger partial charge is 0.406 e. The van der Waals surface area contributed by atoms with Gasteiger partial charge in [0.25, 0.3) is 5.91 Å². The summed E-state index contributed by atoms with van der Waals surface area (Å²) in [5.41, 5.74) is 0.601. The molecule has 1 aromatic heterocycles. The molecule has 1 saturated carbocycles. The van der Waals surface area contributed by atoms with E-state index < -0.39 is 35.6 Å². The van der Waals surface area contributed by atoms with Crippen LogP contribution in [0.15, 0.2) is 73.1 Å². The second-order valence-corrected chi connectivity index (χ2v) is 8.56. The number of nitrogens with one attached hydrogen (secondary N) is 2. The van der Waals surface area contributed by atoms with Gasteiger partial charge < -0.3 is 20.3 Å². The summed E-state index contributed by atoms with van der Waals surface area (Å²) in [5.74, 6) is -0.915. The lowest BCUT2D eigenvalue weighted by atomic mass is 10.1. The van der Waals surface area contributed by atoms with Crippen molar-refractivity contribution in [2.45, 2.75) is 31.3 Å². The van der Waals surface area contributed by atoms with Gasteiger partial charge in [0.2, 0.25) is 0 Å². The number of hydrogen-bond donors (Lipinski definition) is 2. The topological polar surface area (TPSA) is 104 Å². The first-order valence-corrected chi connectivity index (χ1v) is 11.2. The number of amides is 5. The first-order valence-electron chi connectivity index (χ1n) is 11.2. The molecule has 9 nitrogen and oxygen atoms in total. The summed E-state index contributed by atoms with van der Waals surface area (Å²) in [4.78, 5) is 45.5. The summed E-state index contributed by atoms with van der Waals surface area (Å²) in [7, 11) is 0. The first-order chi connectivity index (χ1) is 17.7. The van der Waals surface area contributed by atoms with Gasteiger partial charge in [-0.3, -0.25) is 9.78 Å². The minimum atomic E-state index is -4.86. The number of aromatic nitrogens is 1. The quantitative estimate of drug-likeness (QED) is 0.447. The van der Waals surface area contributed by atoms with Gasteiger partial charge >= 0.3 is 18.4 Å². The minimum absolute atomic E-state index is 0.0137. The molecule has 0 unspecified atom stereocenters. The lowest BCUT2D eigenvalue weighted by molar-refractivity contribution is -0.274. The van der Waals surface area contributed by atoms with Crippen molar-refractivity contribution in [1.82, 2.24) is 9.88 Å². The van der Waals surface area contributed by atoms with E-state index in [1.807, 2.05) is 6.07 Å². The van der Waals surface area contributed by atoms with Crippen LogP contribution in [0.2, 0.25) is 0 Å². The van der Waals surface area contributed by atoms with Crippen LogP contribution in [-0.2, 0) is 11.3 Å². The molecule has 190 valence electrons. The summed E-state index contributed by atoms with van der Waals surface area (Å²) >= 11 is 0. The molecule has 0 bridgehead atoms. The van der Waals surface area contributed by atoms with Crippen molar-refractivity contribution >= 4 is 35.0 Å². The molecule has 1 aliphatic carbocycles. The summed E-state index contributed by atoms with van der Waals surface area (Å²) in [6.45, 7) is 0.0137. The average molecular weight is 511 g/mol. The number of alkyl halides is 3. The van der Waals surface area contributed by atoms with E-state index in [0.717, 1.165) is 17.0 Å². The Morgan fingerprint density at radius 1 is 1.00 bits per heavy atom. The first kappa shape index (κ1) is 24.1.